The van der Waals surface area contributed by atoms with Gasteiger partial charge >= 0.3 is 5.97 Å². The van der Waals surface area contributed by atoms with E-state index in [1.807, 2.05) is 0 Å². The first-order chi connectivity index (χ1) is 5.83. The highest BCUT2D eigenvalue weighted by atomic mass is 32.1. The van der Waals surface area contributed by atoms with Crippen molar-refractivity contribution in [1.82, 2.24) is 9.59 Å². The SMILES string of the molecule is O=C(CCCS)Oc1csnn1. The van der Waals surface area contributed by atoms with Crippen molar-refractivity contribution < 1.29 is 9.53 Å². The van der Waals surface area contributed by atoms with Crippen LogP contribution in [-0.4, -0.2) is 21.3 Å². The Labute approximate surface area is 79.5 Å². The number of carbonyl (C=O) groups is 1. The van der Waals surface area contributed by atoms with Gasteiger partial charge in [0.05, 0.1) is 5.38 Å². The molecule has 1 rings (SSSR count). The molecule has 6 heteroatoms. The fourth-order valence-corrected chi connectivity index (χ4v) is 1.11. The predicted molar refractivity (Wildman–Crippen MR) is 48.6 cm³/mol. The zero-order valence-electron chi connectivity index (χ0n) is 6.27. The summed E-state index contributed by atoms with van der Waals surface area (Å²) >= 11 is 5.13. The van der Waals surface area contributed by atoms with Gasteiger partial charge in [-0.05, 0) is 23.7 Å². The van der Waals surface area contributed by atoms with Crippen LogP contribution in [0.1, 0.15) is 12.8 Å². The monoisotopic (exact) mass is 204 g/mol. The Kier molecular flexibility index (Phi) is 4.02. The normalized spacial score (nSPS) is 9.75. The molecule has 0 aliphatic carbocycles. The van der Waals surface area contributed by atoms with E-state index in [-0.39, 0.29) is 11.8 Å². The second kappa shape index (κ2) is 5.10. The van der Waals surface area contributed by atoms with E-state index in [2.05, 4.69) is 22.2 Å². The minimum absolute atomic E-state index is 0.281. The summed E-state index contributed by atoms with van der Waals surface area (Å²) in [4.78, 5) is 10.9. The smallest absolute Gasteiger partial charge is 0.312 e. The highest BCUT2D eigenvalue weighted by Crippen LogP contribution is 2.07. The van der Waals surface area contributed by atoms with E-state index in [1.54, 1.807) is 5.38 Å². The molecular formula is C6H8N2O2S2. The molecule has 0 aliphatic rings. The third-order valence-electron chi connectivity index (χ3n) is 1.10. The van der Waals surface area contributed by atoms with Gasteiger partial charge in [0.1, 0.15) is 0 Å². The summed E-state index contributed by atoms with van der Waals surface area (Å²) in [5.41, 5.74) is 0. The molecule has 0 aromatic carbocycles. The maximum atomic E-state index is 10.9. The molecule has 0 amide bonds. The zero-order chi connectivity index (χ0) is 8.81. The van der Waals surface area contributed by atoms with Crippen molar-refractivity contribution in [2.75, 3.05) is 5.75 Å². The third kappa shape index (κ3) is 3.19. The van der Waals surface area contributed by atoms with Gasteiger partial charge in [-0.3, -0.25) is 4.79 Å². The van der Waals surface area contributed by atoms with Gasteiger partial charge in [0, 0.05) is 6.42 Å². The van der Waals surface area contributed by atoms with E-state index in [0.29, 0.717) is 12.2 Å². The van der Waals surface area contributed by atoms with Crippen molar-refractivity contribution in [3.63, 3.8) is 0 Å². The molecule has 0 saturated carbocycles. The Morgan fingerprint density at radius 2 is 2.58 bits per heavy atom. The molecular weight excluding hydrogens is 196 g/mol. The topological polar surface area (TPSA) is 52.1 Å². The van der Waals surface area contributed by atoms with E-state index in [4.69, 9.17) is 4.74 Å². The fourth-order valence-electron chi connectivity index (χ4n) is 0.592. The Balaban J connectivity index is 2.27. The van der Waals surface area contributed by atoms with Crippen molar-refractivity contribution >= 4 is 30.1 Å². The first-order valence-corrected chi connectivity index (χ1v) is 4.88. The molecule has 12 heavy (non-hydrogen) atoms. The first kappa shape index (κ1) is 9.47. The summed E-state index contributed by atoms with van der Waals surface area (Å²) < 4.78 is 8.38. The van der Waals surface area contributed by atoms with Gasteiger partial charge in [0.25, 0.3) is 5.88 Å². The van der Waals surface area contributed by atoms with E-state index in [1.165, 1.54) is 0 Å². The van der Waals surface area contributed by atoms with E-state index < -0.39 is 0 Å². The van der Waals surface area contributed by atoms with Crippen LogP contribution in [0.3, 0.4) is 0 Å². The Morgan fingerprint density at radius 1 is 1.75 bits per heavy atom. The van der Waals surface area contributed by atoms with Crippen LogP contribution in [0.4, 0.5) is 0 Å². The maximum absolute atomic E-state index is 10.9. The molecule has 1 aromatic heterocycles. The number of nitrogens with zero attached hydrogens (tertiary/aromatic N) is 2. The molecule has 0 radical (unpaired) electrons. The van der Waals surface area contributed by atoms with Crippen molar-refractivity contribution in [1.29, 1.82) is 0 Å². The zero-order valence-corrected chi connectivity index (χ0v) is 7.98. The lowest BCUT2D eigenvalue weighted by molar-refractivity contribution is -0.134. The highest BCUT2D eigenvalue weighted by Gasteiger charge is 2.05. The lowest BCUT2D eigenvalue weighted by Gasteiger charge is -1.97. The molecule has 0 unspecified atom stereocenters. The summed E-state index contributed by atoms with van der Waals surface area (Å²) in [6, 6.07) is 0. The number of rotatable bonds is 4. The second-order valence-corrected chi connectivity index (χ2v) is 3.10. The number of aromatic nitrogens is 2. The molecule has 0 fully saturated rings. The lowest BCUT2D eigenvalue weighted by atomic mass is 10.3. The standard InChI is InChI=1S/C6H8N2O2S2/c9-6(2-1-3-11)10-5-4-12-8-7-5/h4,11H,1-3H2. The minimum atomic E-state index is -0.281. The van der Waals surface area contributed by atoms with Crippen molar-refractivity contribution in [3.8, 4) is 5.88 Å². The van der Waals surface area contributed by atoms with Crippen LogP contribution in [0.2, 0.25) is 0 Å². The quantitative estimate of drug-likeness (QED) is 0.590. The summed E-state index contributed by atoms with van der Waals surface area (Å²) in [5.74, 6) is 0.686. The Morgan fingerprint density at radius 3 is 3.17 bits per heavy atom. The van der Waals surface area contributed by atoms with Crippen LogP contribution in [0.5, 0.6) is 5.88 Å². The lowest BCUT2D eigenvalue weighted by Crippen LogP contribution is -2.07. The van der Waals surface area contributed by atoms with Crippen molar-refractivity contribution in [2.45, 2.75) is 12.8 Å². The van der Waals surface area contributed by atoms with Gasteiger partial charge in [-0.25, -0.2) is 0 Å². The molecule has 0 spiro atoms. The summed E-state index contributed by atoms with van der Waals surface area (Å²) in [5, 5.41) is 5.15. The molecule has 4 nitrogen and oxygen atoms in total. The average Bonchev–Trinajstić information content (AvgIpc) is 2.53. The number of hydrogen-bond donors (Lipinski definition) is 1. The van der Waals surface area contributed by atoms with Crippen LogP contribution in [0, 0.1) is 0 Å². The average molecular weight is 204 g/mol. The van der Waals surface area contributed by atoms with Gasteiger partial charge in [0.15, 0.2) is 0 Å². The van der Waals surface area contributed by atoms with Crippen molar-refractivity contribution in [3.05, 3.63) is 5.38 Å². The molecule has 0 aliphatic heterocycles. The van der Waals surface area contributed by atoms with Gasteiger partial charge in [-0.2, -0.15) is 12.6 Å². The van der Waals surface area contributed by atoms with E-state index >= 15 is 0 Å². The van der Waals surface area contributed by atoms with Crippen molar-refractivity contribution in [2.24, 2.45) is 0 Å². The Bertz CT molecular complexity index is 238. The van der Waals surface area contributed by atoms with Crippen LogP contribution >= 0.6 is 24.2 Å². The molecule has 0 atom stereocenters. The summed E-state index contributed by atoms with van der Waals surface area (Å²) in [6.07, 6.45) is 1.10. The first-order valence-electron chi connectivity index (χ1n) is 3.41. The van der Waals surface area contributed by atoms with Gasteiger partial charge in [-0.15, -0.1) is 0 Å². The van der Waals surface area contributed by atoms with Crippen LogP contribution in [0.15, 0.2) is 5.38 Å². The third-order valence-corrected chi connectivity index (χ3v) is 1.90. The predicted octanol–water partition coefficient (Wildman–Crippen LogP) is 1.15. The minimum Gasteiger partial charge on any atom is -0.405 e. The molecule has 1 heterocycles. The number of carbonyl (C=O) groups excluding carboxylic acids is 1. The van der Waals surface area contributed by atoms with E-state index in [9.17, 15) is 4.79 Å². The van der Waals surface area contributed by atoms with Gasteiger partial charge < -0.3 is 4.74 Å². The fraction of sp³-hybridized carbons (Fsp3) is 0.500. The molecule has 0 N–H and O–H groups in total. The van der Waals surface area contributed by atoms with Gasteiger partial charge in [-0.1, -0.05) is 9.59 Å². The number of ether oxygens (including phenoxy) is 1. The van der Waals surface area contributed by atoms with Crippen LogP contribution in [-0.2, 0) is 4.79 Å². The van der Waals surface area contributed by atoms with Crippen LogP contribution < -0.4 is 4.74 Å². The molecule has 1 aromatic rings. The highest BCUT2D eigenvalue weighted by molar-refractivity contribution is 7.80. The second-order valence-electron chi connectivity index (χ2n) is 2.04. The molecule has 0 saturated heterocycles. The number of hydrogen-bond acceptors (Lipinski definition) is 6. The summed E-state index contributed by atoms with van der Waals surface area (Å²) in [6.45, 7) is 0. The number of thiol groups is 1. The summed E-state index contributed by atoms with van der Waals surface area (Å²) in [7, 11) is 0. The molecule has 66 valence electrons. The number of esters is 1. The van der Waals surface area contributed by atoms with E-state index in [0.717, 1.165) is 18.0 Å². The molecule has 0 bridgehead atoms. The largest absolute Gasteiger partial charge is 0.405 e. The van der Waals surface area contributed by atoms with Crippen LogP contribution in [0.25, 0.3) is 0 Å². The van der Waals surface area contributed by atoms with Gasteiger partial charge in [0.2, 0.25) is 0 Å². The Hall–Kier alpha value is -0.620. The maximum Gasteiger partial charge on any atom is 0.312 e.